The molecule has 3 aromatic rings. The van der Waals surface area contributed by atoms with Gasteiger partial charge in [-0.2, -0.15) is 9.82 Å². The van der Waals surface area contributed by atoms with Crippen LogP contribution in [0.4, 0.5) is 5.82 Å². The summed E-state index contributed by atoms with van der Waals surface area (Å²) in [4.78, 5) is 16.6. The number of terminal acetylenes is 1. The third-order valence-electron chi connectivity index (χ3n) is 3.72. The lowest BCUT2D eigenvalue weighted by Gasteiger charge is -2.06. The fourth-order valence-electron chi connectivity index (χ4n) is 2.37. The fourth-order valence-corrected chi connectivity index (χ4v) is 3.30. The minimum Gasteiger partial charge on any atom is -0.305 e. The van der Waals surface area contributed by atoms with E-state index in [9.17, 15) is 13.2 Å². The van der Waals surface area contributed by atoms with Crippen molar-refractivity contribution in [2.75, 3.05) is 11.9 Å². The first-order valence-corrected chi connectivity index (χ1v) is 9.74. The molecule has 0 saturated carbocycles. The van der Waals surface area contributed by atoms with Gasteiger partial charge in [-0.3, -0.25) is 14.5 Å². The van der Waals surface area contributed by atoms with Gasteiger partial charge in [0.15, 0.2) is 5.82 Å². The van der Waals surface area contributed by atoms with E-state index in [-0.39, 0.29) is 11.4 Å². The minimum atomic E-state index is -3.70. The van der Waals surface area contributed by atoms with Crippen LogP contribution in [-0.4, -0.2) is 35.6 Å². The zero-order valence-electron chi connectivity index (χ0n) is 14.7. The highest BCUT2D eigenvalue weighted by molar-refractivity contribution is 7.89. The van der Waals surface area contributed by atoms with Crippen LogP contribution in [0.1, 0.15) is 16.1 Å². The zero-order valence-corrected chi connectivity index (χ0v) is 15.6. The largest absolute Gasteiger partial charge is 0.305 e. The van der Waals surface area contributed by atoms with E-state index in [1.165, 1.54) is 24.3 Å². The molecule has 9 heteroatoms. The van der Waals surface area contributed by atoms with E-state index in [0.29, 0.717) is 17.9 Å². The van der Waals surface area contributed by atoms with Crippen LogP contribution in [0.3, 0.4) is 0 Å². The van der Waals surface area contributed by atoms with Crippen molar-refractivity contribution >= 4 is 21.7 Å². The van der Waals surface area contributed by atoms with Crippen LogP contribution >= 0.6 is 0 Å². The summed E-state index contributed by atoms with van der Waals surface area (Å²) >= 11 is 0. The highest BCUT2D eigenvalue weighted by Gasteiger charge is 2.14. The summed E-state index contributed by atoms with van der Waals surface area (Å²) in [5, 5.41) is 6.96. The summed E-state index contributed by atoms with van der Waals surface area (Å²) in [6.07, 6.45) is 8.49. The molecule has 8 nitrogen and oxygen atoms in total. The average molecular weight is 395 g/mol. The molecule has 142 valence electrons. The number of anilines is 1. The van der Waals surface area contributed by atoms with Gasteiger partial charge in [-0.25, -0.2) is 8.42 Å². The van der Waals surface area contributed by atoms with Gasteiger partial charge in [-0.15, -0.1) is 6.42 Å². The number of hydrogen-bond acceptors (Lipinski definition) is 5. The Bertz CT molecular complexity index is 1100. The highest BCUT2D eigenvalue weighted by Crippen LogP contribution is 2.12. The van der Waals surface area contributed by atoms with Crippen molar-refractivity contribution in [2.45, 2.75) is 11.4 Å². The Kier molecular flexibility index (Phi) is 5.84. The molecule has 0 aliphatic heterocycles. The SMILES string of the molecule is C#CCNS(=O)(=O)c1ccc(C(=O)Nc2ccn(Cc3ccccn3)n2)cc1. The number of benzene rings is 1. The van der Waals surface area contributed by atoms with Crippen molar-refractivity contribution in [3.05, 3.63) is 72.2 Å². The highest BCUT2D eigenvalue weighted by atomic mass is 32.2. The molecule has 1 amide bonds. The number of carbonyl (C=O) groups is 1. The van der Waals surface area contributed by atoms with Crippen LogP contribution in [0.25, 0.3) is 0 Å². The van der Waals surface area contributed by atoms with E-state index >= 15 is 0 Å². The fraction of sp³-hybridized carbons (Fsp3) is 0.105. The molecule has 2 heterocycles. The lowest BCUT2D eigenvalue weighted by atomic mass is 10.2. The molecule has 0 aliphatic carbocycles. The van der Waals surface area contributed by atoms with E-state index in [1.807, 2.05) is 18.2 Å². The lowest BCUT2D eigenvalue weighted by molar-refractivity contribution is 0.102. The predicted molar refractivity (Wildman–Crippen MR) is 104 cm³/mol. The van der Waals surface area contributed by atoms with Gasteiger partial charge in [0, 0.05) is 24.0 Å². The molecule has 0 saturated heterocycles. The summed E-state index contributed by atoms with van der Waals surface area (Å²) in [7, 11) is -3.70. The minimum absolute atomic E-state index is 0.0268. The third kappa shape index (κ3) is 4.82. The van der Waals surface area contributed by atoms with Gasteiger partial charge in [0.25, 0.3) is 5.91 Å². The maximum Gasteiger partial charge on any atom is 0.256 e. The second kappa shape index (κ2) is 8.47. The summed E-state index contributed by atoms with van der Waals surface area (Å²) in [6.45, 7) is 0.375. The van der Waals surface area contributed by atoms with Gasteiger partial charge in [0.2, 0.25) is 10.0 Å². The van der Waals surface area contributed by atoms with Crippen LogP contribution in [0, 0.1) is 12.3 Å². The van der Waals surface area contributed by atoms with Crippen LogP contribution < -0.4 is 10.0 Å². The second-order valence-electron chi connectivity index (χ2n) is 5.73. The number of nitrogens with one attached hydrogen (secondary N) is 2. The Morgan fingerprint density at radius 2 is 1.93 bits per heavy atom. The van der Waals surface area contributed by atoms with E-state index < -0.39 is 15.9 Å². The molecule has 2 N–H and O–H groups in total. The Balaban J connectivity index is 1.64. The van der Waals surface area contributed by atoms with E-state index in [0.717, 1.165) is 5.69 Å². The van der Waals surface area contributed by atoms with E-state index in [4.69, 9.17) is 6.42 Å². The van der Waals surface area contributed by atoms with Crippen molar-refractivity contribution < 1.29 is 13.2 Å². The molecule has 0 spiro atoms. The summed E-state index contributed by atoms with van der Waals surface area (Å²) in [6, 6.07) is 12.8. The molecule has 0 unspecified atom stereocenters. The van der Waals surface area contributed by atoms with Gasteiger partial charge in [-0.1, -0.05) is 12.0 Å². The number of amides is 1. The molecule has 0 radical (unpaired) electrons. The van der Waals surface area contributed by atoms with Gasteiger partial charge in [0.05, 0.1) is 23.7 Å². The molecule has 2 aromatic heterocycles. The maximum atomic E-state index is 12.4. The van der Waals surface area contributed by atoms with Gasteiger partial charge < -0.3 is 5.32 Å². The Hall–Kier alpha value is -3.48. The second-order valence-corrected chi connectivity index (χ2v) is 7.49. The maximum absolute atomic E-state index is 12.4. The topological polar surface area (TPSA) is 106 Å². The van der Waals surface area contributed by atoms with E-state index in [1.54, 1.807) is 23.1 Å². The van der Waals surface area contributed by atoms with Crippen molar-refractivity contribution in [3.8, 4) is 12.3 Å². The van der Waals surface area contributed by atoms with Crippen LogP contribution in [0.5, 0.6) is 0 Å². The monoisotopic (exact) mass is 395 g/mol. The molecule has 0 atom stereocenters. The first-order chi connectivity index (χ1) is 13.5. The number of pyridine rings is 1. The van der Waals surface area contributed by atoms with Gasteiger partial charge in [0.1, 0.15) is 0 Å². The van der Waals surface area contributed by atoms with Crippen molar-refractivity contribution in [3.63, 3.8) is 0 Å². The van der Waals surface area contributed by atoms with Crippen LogP contribution in [0.2, 0.25) is 0 Å². The molecule has 1 aromatic carbocycles. The van der Waals surface area contributed by atoms with Crippen molar-refractivity contribution in [1.29, 1.82) is 0 Å². The number of sulfonamides is 1. The third-order valence-corrected chi connectivity index (χ3v) is 5.14. The number of hydrogen-bond donors (Lipinski definition) is 2. The lowest BCUT2D eigenvalue weighted by Crippen LogP contribution is -2.24. The van der Waals surface area contributed by atoms with Gasteiger partial charge >= 0.3 is 0 Å². The quantitative estimate of drug-likeness (QED) is 0.590. The van der Waals surface area contributed by atoms with E-state index in [2.05, 4.69) is 26.0 Å². The summed E-state index contributed by atoms with van der Waals surface area (Å²) < 4.78 is 27.9. The average Bonchev–Trinajstić information content (AvgIpc) is 3.14. The molecule has 0 aliphatic rings. The normalized spacial score (nSPS) is 11.0. The number of rotatable bonds is 7. The smallest absolute Gasteiger partial charge is 0.256 e. The Morgan fingerprint density at radius 3 is 2.61 bits per heavy atom. The molecular formula is C19H17N5O3S. The molecule has 3 rings (SSSR count). The molecule has 0 fully saturated rings. The van der Waals surface area contributed by atoms with Crippen LogP contribution in [-0.2, 0) is 16.6 Å². The standard InChI is InChI=1S/C19H17N5O3S/c1-2-11-21-28(26,27)17-8-6-15(7-9-17)19(25)22-18-10-13-24(23-18)14-16-5-3-4-12-20-16/h1,3-10,12-13,21H,11,14H2,(H,22,23,25). The Morgan fingerprint density at radius 1 is 1.14 bits per heavy atom. The van der Waals surface area contributed by atoms with Crippen molar-refractivity contribution in [1.82, 2.24) is 19.5 Å². The molecule has 28 heavy (non-hydrogen) atoms. The first-order valence-electron chi connectivity index (χ1n) is 8.26. The molecule has 0 bridgehead atoms. The first kappa shape index (κ1) is 19.3. The molecular weight excluding hydrogens is 378 g/mol. The summed E-state index contributed by atoms with van der Waals surface area (Å²) in [5.74, 6) is 2.18. The predicted octanol–water partition coefficient (Wildman–Crippen LogP) is 1.49. The number of carbonyl (C=O) groups excluding carboxylic acids is 1. The van der Waals surface area contributed by atoms with Crippen molar-refractivity contribution in [2.24, 2.45) is 0 Å². The Labute approximate surface area is 162 Å². The van der Waals surface area contributed by atoms with Gasteiger partial charge in [-0.05, 0) is 36.4 Å². The zero-order chi connectivity index (χ0) is 20.0. The summed E-state index contributed by atoms with van der Waals surface area (Å²) in [5.41, 5.74) is 1.15. The number of nitrogens with zero attached hydrogens (tertiary/aromatic N) is 3. The van der Waals surface area contributed by atoms with Crippen LogP contribution in [0.15, 0.2) is 65.8 Å². The number of aromatic nitrogens is 3.